The summed E-state index contributed by atoms with van der Waals surface area (Å²) in [5.74, 6) is 0.572. The monoisotopic (exact) mass is 215 g/mol. The molecule has 0 aromatic carbocycles. The van der Waals surface area contributed by atoms with Crippen molar-refractivity contribution in [2.45, 2.75) is 32.3 Å². The summed E-state index contributed by atoms with van der Waals surface area (Å²) < 4.78 is 0. The summed E-state index contributed by atoms with van der Waals surface area (Å²) >= 11 is 5.84. The number of rotatable bonds is 4. The molecule has 78 valence electrons. The lowest BCUT2D eigenvalue weighted by atomic mass is 10.4. The molecule has 1 rings (SSSR count). The number of nitrogens with one attached hydrogen (secondary N) is 1. The van der Waals surface area contributed by atoms with E-state index < -0.39 is 0 Å². The Labute approximate surface area is 88.5 Å². The first kappa shape index (κ1) is 11.1. The minimum atomic E-state index is -0.172. The van der Waals surface area contributed by atoms with Crippen molar-refractivity contribution in [2.75, 3.05) is 5.01 Å². The van der Waals surface area contributed by atoms with E-state index in [0.717, 1.165) is 0 Å². The van der Waals surface area contributed by atoms with Crippen molar-refractivity contribution in [1.29, 1.82) is 0 Å². The Hall–Kier alpha value is -0.940. The molecule has 0 saturated carbocycles. The van der Waals surface area contributed by atoms with E-state index in [0.29, 0.717) is 5.95 Å². The molecule has 14 heavy (non-hydrogen) atoms. The fourth-order valence-electron chi connectivity index (χ4n) is 0.987. The maximum absolute atomic E-state index is 5.84. The van der Waals surface area contributed by atoms with Gasteiger partial charge < -0.3 is 0 Å². The van der Waals surface area contributed by atoms with Crippen LogP contribution in [-0.4, -0.2) is 26.5 Å². The zero-order valence-corrected chi connectivity index (χ0v) is 9.23. The molecule has 6 heteroatoms. The Morgan fingerprint density at radius 2 is 1.86 bits per heavy atom. The highest BCUT2D eigenvalue weighted by atomic mass is 35.5. The Kier molecular flexibility index (Phi) is 4.03. The molecule has 0 saturated heterocycles. The molecule has 0 aliphatic heterocycles. The van der Waals surface area contributed by atoms with Gasteiger partial charge in [0.2, 0.25) is 5.95 Å². The van der Waals surface area contributed by atoms with Crippen LogP contribution in [-0.2, 0) is 0 Å². The quantitative estimate of drug-likeness (QED) is 0.464. The molecule has 0 fully saturated rings. The number of alkyl halides is 1. The Morgan fingerprint density at radius 3 is 2.29 bits per heavy atom. The van der Waals surface area contributed by atoms with E-state index in [9.17, 15) is 0 Å². The van der Waals surface area contributed by atoms with Gasteiger partial charge in [-0.3, -0.25) is 5.01 Å². The molecular formula is C8H14ClN5. The third-order valence-corrected chi connectivity index (χ3v) is 1.63. The number of hydrazine groups is 1. The SMILES string of the molecule is CC(Cl)NN(c1ncncn1)C(C)C. The first-order valence-corrected chi connectivity index (χ1v) is 4.86. The average Bonchev–Trinajstić information content (AvgIpc) is 2.15. The van der Waals surface area contributed by atoms with Gasteiger partial charge in [-0.1, -0.05) is 0 Å². The average molecular weight is 216 g/mol. The van der Waals surface area contributed by atoms with Gasteiger partial charge in [-0.05, 0) is 20.8 Å². The van der Waals surface area contributed by atoms with Crippen LogP contribution in [0.25, 0.3) is 0 Å². The van der Waals surface area contributed by atoms with Crippen LogP contribution in [0.3, 0.4) is 0 Å². The van der Waals surface area contributed by atoms with Crippen molar-refractivity contribution >= 4 is 17.5 Å². The van der Waals surface area contributed by atoms with Gasteiger partial charge in [0.15, 0.2) is 0 Å². The lowest BCUT2D eigenvalue weighted by molar-refractivity contribution is 0.539. The molecule has 5 nitrogen and oxygen atoms in total. The van der Waals surface area contributed by atoms with Crippen molar-refractivity contribution < 1.29 is 0 Å². The molecule has 1 atom stereocenters. The highest BCUT2D eigenvalue weighted by Gasteiger charge is 2.14. The summed E-state index contributed by atoms with van der Waals surface area (Å²) in [4.78, 5) is 11.8. The summed E-state index contributed by atoms with van der Waals surface area (Å²) in [5.41, 5.74) is 2.87. The second kappa shape index (κ2) is 5.07. The molecule has 0 radical (unpaired) electrons. The highest BCUT2D eigenvalue weighted by molar-refractivity contribution is 6.20. The summed E-state index contributed by atoms with van der Waals surface area (Å²) in [6.07, 6.45) is 2.91. The van der Waals surface area contributed by atoms with E-state index >= 15 is 0 Å². The van der Waals surface area contributed by atoms with E-state index in [-0.39, 0.29) is 11.5 Å². The smallest absolute Gasteiger partial charge is 0.243 e. The Bertz CT molecular complexity index is 264. The van der Waals surface area contributed by atoms with Gasteiger partial charge >= 0.3 is 0 Å². The largest absolute Gasteiger partial charge is 0.272 e. The topological polar surface area (TPSA) is 53.9 Å². The van der Waals surface area contributed by atoms with E-state index in [1.807, 2.05) is 20.8 Å². The molecule has 0 aliphatic carbocycles. The first-order chi connectivity index (χ1) is 6.61. The summed E-state index contributed by atoms with van der Waals surface area (Å²) in [5, 5.41) is 1.80. The van der Waals surface area contributed by atoms with Crippen molar-refractivity contribution in [2.24, 2.45) is 0 Å². The van der Waals surface area contributed by atoms with Crippen molar-refractivity contribution in [3.8, 4) is 0 Å². The van der Waals surface area contributed by atoms with Gasteiger partial charge in [0.25, 0.3) is 0 Å². The van der Waals surface area contributed by atoms with Gasteiger partial charge in [0.05, 0.1) is 5.50 Å². The lowest BCUT2D eigenvalue weighted by Gasteiger charge is -2.27. The molecular weight excluding hydrogens is 202 g/mol. The number of nitrogens with zero attached hydrogens (tertiary/aromatic N) is 4. The Morgan fingerprint density at radius 1 is 1.29 bits per heavy atom. The first-order valence-electron chi connectivity index (χ1n) is 4.42. The van der Waals surface area contributed by atoms with Crippen LogP contribution < -0.4 is 10.4 Å². The van der Waals surface area contributed by atoms with Crippen LogP contribution in [0.15, 0.2) is 12.7 Å². The molecule has 1 heterocycles. The van der Waals surface area contributed by atoms with Crippen LogP contribution in [0, 0.1) is 0 Å². The second-order valence-corrected chi connectivity index (χ2v) is 3.80. The van der Waals surface area contributed by atoms with Gasteiger partial charge in [-0.25, -0.2) is 20.4 Å². The molecule has 0 bridgehead atoms. The maximum atomic E-state index is 5.84. The summed E-state index contributed by atoms with van der Waals surface area (Å²) in [6, 6.07) is 0.221. The molecule has 1 unspecified atom stereocenters. The fraction of sp³-hybridized carbons (Fsp3) is 0.625. The molecule has 0 amide bonds. The van der Waals surface area contributed by atoms with Crippen molar-refractivity contribution in [1.82, 2.24) is 20.4 Å². The van der Waals surface area contributed by atoms with Gasteiger partial charge in [-0.15, -0.1) is 11.6 Å². The maximum Gasteiger partial charge on any atom is 0.243 e. The predicted molar refractivity (Wildman–Crippen MR) is 55.9 cm³/mol. The van der Waals surface area contributed by atoms with E-state index in [4.69, 9.17) is 11.6 Å². The van der Waals surface area contributed by atoms with Crippen LogP contribution >= 0.6 is 11.6 Å². The number of hydrogen-bond acceptors (Lipinski definition) is 5. The fourth-order valence-corrected chi connectivity index (χ4v) is 1.09. The molecule has 1 aromatic heterocycles. The zero-order valence-electron chi connectivity index (χ0n) is 8.48. The third-order valence-electron chi connectivity index (χ3n) is 1.53. The lowest BCUT2D eigenvalue weighted by Crippen LogP contribution is -2.47. The minimum Gasteiger partial charge on any atom is -0.272 e. The van der Waals surface area contributed by atoms with E-state index in [1.165, 1.54) is 12.7 Å². The number of anilines is 1. The molecule has 0 spiro atoms. The van der Waals surface area contributed by atoms with Crippen LogP contribution in [0.1, 0.15) is 20.8 Å². The van der Waals surface area contributed by atoms with Crippen LogP contribution in [0.4, 0.5) is 5.95 Å². The van der Waals surface area contributed by atoms with Gasteiger partial charge in [-0.2, -0.15) is 0 Å². The summed E-state index contributed by atoms with van der Waals surface area (Å²) in [6.45, 7) is 5.89. The number of hydrogen-bond donors (Lipinski definition) is 1. The van der Waals surface area contributed by atoms with Gasteiger partial charge in [0, 0.05) is 6.04 Å². The molecule has 1 aromatic rings. The number of halogens is 1. The number of aromatic nitrogens is 3. The van der Waals surface area contributed by atoms with Crippen molar-refractivity contribution in [3.63, 3.8) is 0 Å². The second-order valence-electron chi connectivity index (χ2n) is 3.15. The zero-order chi connectivity index (χ0) is 10.6. The highest BCUT2D eigenvalue weighted by Crippen LogP contribution is 2.07. The molecule has 1 N–H and O–H groups in total. The predicted octanol–water partition coefficient (Wildman–Crippen LogP) is 1.18. The third kappa shape index (κ3) is 3.08. The normalized spacial score (nSPS) is 12.9. The van der Waals surface area contributed by atoms with E-state index in [1.54, 1.807) is 5.01 Å². The van der Waals surface area contributed by atoms with E-state index in [2.05, 4.69) is 20.4 Å². The molecule has 0 aliphatic rings. The van der Waals surface area contributed by atoms with Crippen LogP contribution in [0.5, 0.6) is 0 Å². The summed E-state index contributed by atoms with van der Waals surface area (Å²) in [7, 11) is 0. The minimum absolute atomic E-state index is 0.172. The Balaban J connectivity index is 2.78. The van der Waals surface area contributed by atoms with Crippen molar-refractivity contribution in [3.05, 3.63) is 12.7 Å². The standard InChI is InChI=1S/C8H14ClN5/c1-6(2)14(13-7(3)9)8-11-4-10-5-12-8/h4-7,13H,1-3H3. The van der Waals surface area contributed by atoms with Crippen LogP contribution in [0.2, 0.25) is 0 Å². The van der Waals surface area contributed by atoms with Gasteiger partial charge in [0.1, 0.15) is 12.7 Å².